The predicted molar refractivity (Wildman–Crippen MR) is 149 cm³/mol. The summed E-state index contributed by atoms with van der Waals surface area (Å²) in [5.41, 5.74) is 3.05. The summed E-state index contributed by atoms with van der Waals surface area (Å²) in [6.45, 7) is 13.6. The largest absolute Gasteiger partial charge is 0.166 e. The van der Waals surface area contributed by atoms with Gasteiger partial charge in [0.25, 0.3) is 0 Å². The summed E-state index contributed by atoms with van der Waals surface area (Å²) in [4.78, 5) is 6.61. The lowest BCUT2D eigenvalue weighted by atomic mass is 9.87. The van der Waals surface area contributed by atoms with Gasteiger partial charge in [0.1, 0.15) is 0 Å². The van der Waals surface area contributed by atoms with E-state index in [0.29, 0.717) is 0 Å². The summed E-state index contributed by atoms with van der Waals surface area (Å²) in [5.74, 6) is 0. The molecular formula is C32H35S2+. The van der Waals surface area contributed by atoms with Gasteiger partial charge in [-0.1, -0.05) is 95.8 Å². The standard InChI is InChI=1S/C32H35S2/c1-31(2,3)24-12-18-28(19-13-24)34(29-20-14-25(15-21-29)32(4,5)6)30-22-16-27(17-23-30)33-26-10-8-7-9-11-26/h7-23H,1-6H3/q+1. The predicted octanol–water partition coefficient (Wildman–Crippen LogP) is 9.53. The van der Waals surface area contributed by atoms with Crippen LogP contribution >= 0.6 is 11.8 Å². The van der Waals surface area contributed by atoms with E-state index < -0.39 is 0 Å². The zero-order chi connectivity index (χ0) is 24.3. The van der Waals surface area contributed by atoms with Gasteiger partial charge in [-0.05, 0) is 82.6 Å². The highest BCUT2D eigenvalue weighted by Gasteiger charge is 2.30. The third-order valence-corrected chi connectivity index (χ3v) is 9.20. The molecule has 0 aromatic heterocycles. The van der Waals surface area contributed by atoms with Gasteiger partial charge >= 0.3 is 0 Å². The van der Waals surface area contributed by atoms with Crippen molar-refractivity contribution >= 4 is 22.7 Å². The highest BCUT2D eigenvalue weighted by Crippen LogP contribution is 2.36. The Hall–Kier alpha value is -2.42. The van der Waals surface area contributed by atoms with Gasteiger partial charge in [0.15, 0.2) is 14.7 Å². The number of hydrogen-bond donors (Lipinski definition) is 0. The van der Waals surface area contributed by atoms with E-state index in [1.54, 1.807) is 0 Å². The lowest BCUT2D eigenvalue weighted by molar-refractivity contribution is 0.589. The molecule has 0 saturated carbocycles. The van der Waals surface area contributed by atoms with Crippen LogP contribution in [-0.2, 0) is 21.7 Å². The second-order valence-corrected chi connectivity index (χ2v) is 13.9. The minimum absolute atomic E-state index is 0.149. The first-order valence-corrected chi connectivity index (χ1v) is 13.9. The van der Waals surface area contributed by atoms with Crippen LogP contribution in [0, 0.1) is 0 Å². The van der Waals surface area contributed by atoms with Gasteiger partial charge in [0.2, 0.25) is 0 Å². The van der Waals surface area contributed by atoms with Crippen LogP contribution in [0.5, 0.6) is 0 Å². The molecule has 0 nitrogen and oxygen atoms in total. The zero-order valence-electron chi connectivity index (χ0n) is 21.1. The van der Waals surface area contributed by atoms with Gasteiger partial charge in [-0.2, -0.15) is 0 Å². The summed E-state index contributed by atoms with van der Waals surface area (Å²) in [5, 5.41) is 0. The maximum atomic E-state index is 2.33. The van der Waals surface area contributed by atoms with E-state index in [-0.39, 0.29) is 21.7 Å². The van der Waals surface area contributed by atoms with E-state index in [2.05, 4.69) is 145 Å². The fourth-order valence-electron chi connectivity index (χ4n) is 3.86. The maximum Gasteiger partial charge on any atom is 0.166 e. The molecule has 0 aliphatic rings. The molecule has 0 spiro atoms. The van der Waals surface area contributed by atoms with Crippen molar-refractivity contribution in [1.82, 2.24) is 0 Å². The maximum absolute atomic E-state index is 2.33. The topological polar surface area (TPSA) is 0 Å². The first kappa shape index (κ1) is 24.7. The van der Waals surface area contributed by atoms with Crippen molar-refractivity contribution in [3.05, 3.63) is 114 Å². The Balaban J connectivity index is 1.70. The molecular weight excluding hydrogens is 448 g/mol. The van der Waals surface area contributed by atoms with Gasteiger partial charge in [-0.25, -0.2) is 0 Å². The van der Waals surface area contributed by atoms with Gasteiger partial charge in [0.05, 0.1) is 10.9 Å². The molecule has 2 heteroatoms. The van der Waals surface area contributed by atoms with Gasteiger partial charge in [0, 0.05) is 9.79 Å². The molecule has 174 valence electrons. The molecule has 0 aliphatic carbocycles. The summed E-state index contributed by atoms with van der Waals surface area (Å²) in [6.07, 6.45) is 0. The molecule has 4 rings (SSSR count). The molecule has 0 fully saturated rings. The SMILES string of the molecule is CC(C)(C)c1ccc([S+](c2ccc(Sc3ccccc3)cc2)c2ccc(C(C)(C)C)cc2)cc1. The Morgan fingerprint density at radius 3 is 1.18 bits per heavy atom. The van der Waals surface area contributed by atoms with Crippen molar-refractivity contribution in [2.24, 2.45) is 0 Å². The molecule has 0 heterocycles. The van der Waals surface area contributed by atoms with Crippen LogP contribution in [0.1, 0.15) is 52.7 Å². The van der Waals surface area contributed by atoms with Crippen LogP contribution in [0.3, 0.4) is 0 Å². The van der Waals surface area contributed by atoms with Crippen molar-refractivity contribution in [1.29, 1.82) is 0 Å². The lowest BCUT2D eigenvalue weighted by Gasteiger charge is -2.20. The van der Waals surface area contributed by atoms with Crippen LogP contribution in [0.15, 0.2) is 128 Å². The monoisotopic (exact) mass is 483 g/mol. The van der Waals surface area contributed by atoms with E-state index >= 15 is 0 Å². The molecule has 4 aromatic rings. The van der Waals surface area contributed by atoms with Crippen LogP contribution in [0.2, 0.25) is 0 Å². The van der Waals surface area contributed by atoms with Crippen LogP contribution in [0.25, 0.3) is 0 Å². The molecule has 0 aliphatic heterocycles. The third kappa shape index (κ3) is 5.98. The second kappa shape index (κ2) is 10.1. The summed E-state index contributed by atoms with van der Waals surface area (Å²) in [6, 6.07) is 38.3. The van der Waals surface area contributed by atoms with Crippen molar-refractivity contribution in [3.8, 4) is 0 Å². The molecule has 0 radical (unpaired) electrons. The van der Waals surface area contributed by atoms with Crippen molar-refractivity contribution < 1.29 is 0 Å². The quantitative estimate of drug-likeness (QED) is 0.255. The Kier molecular flexibility index (Phi) is 7.31. The first-order chi connectivity index (χ1) is 16.1. The van der Waals surface area contributed by atoms with Crippen molar-refractivity contribution in [3.63, 3.8) is 0 Å². The van der Waals surface area contributed by atoms with E-state index in [0.717, 1.165) is 0 Å². The van der Waals surface area contributed by atoms with E-state index in [1.807, 2.05) is 11.8 Å². The average molecular weight is 484 g/mol. The van der Waals surface area contributed by atoms with Gasteiger partial charge in [-0.15, -0.1) is 0 Å². The first-order valence-electron chi connectivity index (χ1n) is 11.9. The molecule has 0 N–H and O–H groups in total. The lowest BCUT2D eigenvalue weighted by Crippen LogP contribution is -2.13. The van der Waals surface area contributed by atoms with Crippen molar-refractivity contribution in [2.45, 2.75) is 76.8 Å². The zero-order valence-corrected chi connectivity index (χ0v) is 22.8. The Morgan fingerprint density at radius 2 is 0.794 bits per heavy atom. The normalized spacial score (nSPS) is 12.2. The molecule has 34 heavy (non-hydrogen) atoms. The smallest absolute Gasteiger partial charge is 0.0901 e. The summed E-state index contributed by atoms with van der Waals surface area (Å²) >= 11 is 1.81. The highest BCUT2D eigenvalue weighted by molar-refractivity contribution is 7.99. The summed E-state index contributed by atoms with van der Waals surface area (Å²) in [7, 11) is -0.149. The van der Waals surface area contributed by atoms with Crippen LogP contribution in [0.4, 0.5) is 0 Å². The fourth-order valence-corrected chi connectivity index (χ4v) is 6.74. The summed E-state index contributed by atoms with van der Waals surface area (Å²) < 4.78 is 0. The minimum atomic E-state index is -0.149. The van der Waals surface area contributed by atoms with Crippen LogP contribution < -0.4 is 0 Å². The Labute approximate surface area is 213 Å². The van der Waals surface area contributed by atoms with Gasteiger partial charge in [-0.3, -0.25) is 0 Å². The highest BCUT2D eigenvalue weighted by atomic mass is 32.2. The van der Waals surface area contributed by atoms with Crippen molar-refractivity contribution in [2.75, 3.05) is 0 Å². The second-order valence-electron chi connectivity index (χ2n) is 10.7. The van der Waals surface area contributed by atoms with Crippen LogP contribution in [-0.4, -0.2) is 0 Å². The molecule has 0 atom stereocenters. The molecule has 0 unspecified atom stereocenters. The molecule has 0 amide bonds. The number of benzene rings is 4. The molecule has 0 bridgehead atoms. The average Bonchev–Trinajstić information content (AvgIpc) is 2.81. The van der Waals surface area contributed by atoms with E-state index in [4.69, 9.17) is 0 Å². The number of hydrogen-bond acceptors (Lipinski definition) is 1. The Bertz CT molecular complexity index is 1130. The van der Waals surface area contributed by atoms with E-state index in [9.17, 15) is 0 Å². The van der Waals surface area contributed by atoms with E-state index in [1.165, 1.54) is 35.6 Å². The minimum Gasteiger partial charge on any atom is -0.0901 e. The molecule has 4 aromatic carbocycles. The number of rotatable bonds is 5. The Morgan fingerprint density at radius 1 is 0.441 bits per heavy atom. The van der Waals surface area contributed by atoms with Gasteiger partial charge < -0.3 is 0 Å². The third-order valence-electron chi connectivity index (χ3n) is 5.95. The molecule has 0 saturated heterocycles. The fraction of sp³-hybridized carbons (Fsp3) is 0.250.